The molecule has 0 fully saturated rings. The first-order valence-electron chi connectivity index (χ1n) is 8.30. The molecule has 1 aromatic carbocycles. The fraction of sp³-hybridized carbons (Fsp3) is 0.263. The number of amides is 1. The van der Waals surface area contributed by atoms with Gasteiger partial charge < -0.3 is 5.32 Å². The Morgan fingerprint density at radius 1 is 1.04 bits per heavy atom. The SMILES string of the molecule is Cc1cc(C)nc(-n2nc(C)cc2NC(=O)CSc2ccccc2C)n1. The van der Waals surface area contributed by atoms with Gasteiger partial charge in [0.2, 0.25) is 5.91 Å². The van der Waals surface area contributed by atoms with Crippen molar-refractivity contribution in [2.45, 2.75) is 32.6 Å². The smallest absolute Gasteiger partial charge is 0.252 e. The quantitative estimate of drug-likeness (QED) is 0.697. The van der Waals surface area contributed by atoms with Crippen LogP contribution in [0.25, 0.3) is 5.95 Å². The van der Waals surface area contributed by atoms with Gasteiger partial charge in [0.1, 0.15) is 5.82 Å². The Labute approximate surface area is 157 Å². The first-order chi connectivity index (χ1) is 12.4. The van der Waals surface area contributed by atoms with E-state index < -0.39 is 0 Å². The first kappa shape index (κ1) is 18.1. The maximum absolute atomic E-state index is 12.4. The van der Waals surface area contributed by atoms with Crippen LogP contribution in [0, 0.1) is 27.7 Å². The van der Waals surface area contributed by atoms with Gasteiger partial charge in [0.15, 0.2) is 0 Å². The number of nitrogens with zero attached hydrogens (tertiary/aromatic N) is 4. The van der Waals surface area contributed by atoms with E-state index in [0.717, 1.165) is 27.5 Å². The van der Waals surface area contributed by atoms with Crippen LogP contribution in [0.2, 0.25) is 0 Å². The number of benzene rings is 1. The van der Waals surface area contributed by atoms with Gasteiger partial charge >= 0.3 is 0 Å². The molecule has 6 nitrogen and oxygen atoms in total. The highest BCUT2D eigenvalue weighted by atomic mass is 32.2. The molecule has 0 bridgehead atoms. The highest BCUT2D eigenvalue weighted by Gasteiger charge is 2.14. The Morgan fingerprint density at radius 2 is 1.73 bits per heavy atom. The van der Waals surface area contributed by atoms with Gasteiger partial charge in [-0.05, 0) is 45.4 Å². The molecule has 3 aromatic rings. The Balaban J connectivity index is 1.76. The molecule has 0 spiro atoms. The second-order valence-electron chi connectivity index (χ2n) is 6.14. The van der Waals surface area contributed by atoms with Gasteiger partial charge in [0.25, 0.3) is 5.95 Å². The van der Waals surface area contributed by atoms with E-state index in [1.165, 1.54) is 11.8 Å². The van der Waals surface area contributed by atoms with Crippen molar-refractivity contribution in [1.82, 2.24) is 19.7 Å². The van der Waals surface area contributed by atoms with Crippen molar-refractivity contribution in [2.75, 3.05) is 11.1 Å². The molecule has 0 atom stereocenters. The molecule has 0 aliphatic rings. The van der Waals surface area contributed by atoms with Crippen LogP contribution in [0.15, 0.2) is 41.3 Å². The number of carbonyl (C=O) groups excluding carboxylic acids is 1. The molecule has 26 heavy (non-hydrogen) atoms. The zero-order valence-corrected chi connectivity index (χ0v) is 16.1. The fourth-order valence-corrected chi connectivity index (χ4v) is 3.41. The maximum Gasteiger partial charge on any atom is 0.252 e. The third-order valence-electron chi connectivity index (χ3n) is 3.71. The molecule has 1 N–H and O–H groups in total. The average molecular weight is 367 g/mol. The second kappa shape index (κ2) is 7.70. The summed E-state index contributed by atoms with van der Waals surface area (Å²) < 4.78 is 1.58. The van der Waals surface area contributed by atoms with Crippen LogP contribution in [-0.4, -0.2) is 31.4 Å². The molecular formula is C19H21N5OS. The predicted octanol–water partition coefficient (Wildman–Crippen LogP) is 3.63. The van der Waals surface area contributed by atoms with Crippen molar-refractivity contribution in [1.29, 1.82) is 0 Å². The number of aryl methyl sites for hydroxylation is 4. The summed E-state index contributed by atoms with van der Waals surface area (Å²) in [6.45, 7) is 7.73. The van der Waals surface area contributed by atoms with Crippen molar-refractivity contribution in [3.05, 3.63) is 59.0 Å². The van der Waals surface area contributed by atoms with Crippen LogP contribution in [0.5, 0.6) is 0 Å². The van der Waals surface area contributed by atoms with Gasteiger partial charge in [-0.1, -0.05) is 18.2 Å². The van der Waals surface area contributed by atoms with Crippen LogP contribution < -0.4 is 5.32 Å². The van der Waals surface area contributed by atoms with E-state index in [2.05, 4.69) is 20.4 Å². The summed E-state index contributed by atoms with van der Waals surface area (Å²) in [5.74, 6) is 1.26. The number of carbonyl (C=O) groups is 1. The van der Waals surface area contributed by atoms with Crippen molar-refractivity contribution >= 4 is 23.5 Å². The minimum atomic E-state index is -0.0937. The van der Waals surface area contributed by atoms with E-state index in [4.69, 9.17) is 0 Å². The highest BCUT2D eigenvalue weighted by Crippen LogP contribution is 2.22. The van der Waals surface area contributed by atoms with Gasteiger partial charge in [-0.3, -0.25) is 4.79 Å². The molecule has 0 aliphatic carbocycles. The number of hydrogen-bond donors (Lipinski definition) is 1. The van der Waals surface area contributed by atoms with E-state index in [0.29, 0.717) is 17.5 Å². The minimum absolute atomic E-state index is 0.0937. The van der Waals surface area contributed by atoms with Crippen molar-refractivity contribution in [3.63, 3.8) is 0 Å². The Morgan fingerprint density at radius 3 is 2.42 bits per heavy atom. The minimum Gasteiger partial charge on any atom is -0.310 e. The van der Waals surface area contributed by atoms with Gasteiger partial charge in [-0.15, -0.1) is 11.8 Å². The molecule has 0 saturated heterocycles. The Bertz CT molecular complexity index is 931. The Hall–Kier alpha value is -2.67. The number of nitrogens with one attached hydrogen (secondary N) is 1. The van der Waals surface area contributed by atoms with Crippen LogP contribution in [0.1, 0.15) is 22.6 Å². The summed E-state index contributed by atoms with van der Waals surface area (Å²) in [6.07, 6.45) is 0. The Kier molecular flexibility index (Phi) is 5.37. The molecule has 0 radical (unpaired) electrons. The fourth-order valence-electron chi connectivity index (χ4n) is 2.58. The molecule has 2 heterocycles. The lowest BCUT2D eigenvalue weighted by Gasteiger charge is -2.09. The molecule has 0 unspecified atom stereocenters. The number of thioether (sulfide) groups is 1. The number of aromatic nitrogens is 4. The summed E-state index contributed by atoms with van der Waals surface area (Å²) in [7, 11) is 0. The number of rotatable bonds is 5. The first-order valence-corrected chi connectivity index (χ1v) is 9.28. The third kappa shape index (κ3) is 4.29. The lowest BCUT2D eigenvalue weighted by molar-refractivity contribution is -0.113. The molecule has 0 saturated carbocycles. The normalized spacial score (nSPS) is 10.8. The summed E-state index contributed by atoms with van der Waals surface area (Å²) in [6, 6.07) is 11.7. The lowest BCUT2D eigenvalue weighted by atomic mass is 10.2. The topological polar surface area (TPSA) is 72.7 Å². The highest BCUT2D eigenvalue weighted by molar-refractivity contribution is 8.00. The van der Waals surface area contributed by atoms with Crippen molar-refractivity contribution < 1.29 is 4.79 Å². The van der Waals surface area contributed by atoms with Crippen LogP contribution in [0.4, 0.5) is 5.82 Å². The van der Waals surface area contributed by atoms with Gasteiger partial charge in [-0.25, -0.2) is 9.97 Å². The van der Waals surface area contributed by atoms with E-state index in [-0.39, 0.29) is 5.91 Å². The van der Waals surface area contributed by atoms with Gasteiger partial charge in [0.05, 0.1) is 11.4 Å². The molecule has 2 aromatic heterocycles. The standard InChI is InChI=1S/C19H21N5OS/c1-12-7-5-6-8-16(12)26-11-18(25)22-17-10-15(4)23-24(17)19-20-13(2)9-14(3)21-19/h5-10H,11H2,1-4H3,(H,22,25). The molecule has 3 rings (SSSR count). The zero-order valence-electron chi connectivity index (χ0n) is 15.3. The van der Waals surface area contributed by atoms with Crippen molar-refractivity contribution in [3.8, 4) is 5.95 Å². The van der Waals surface area contributed by atoms with Crippen LogP contribution in [0.3, 0.4) is 0 Å². The zero-order chi connectivity index (χ0) is 18.7. The average Bonchev–Trinajstić information content (AvgIpc) is 2.93. The molecule has 7 heteroatoms. The molecule has 1 amide bonds. The monoisotopic (exact) mass is 367 g/mol. The van der Waals surface area contributed by atoms with E-state index >= 15 is 0 Å². The lowest BCUT2D eigenvalue weighted by Crippen LogP contribution is -2.18. The predicted molar refractivity (Wildman–Crippen MR) is 104 cm³/mol. The van der Waals surface area contributed by atoms with E-state index in [1.54, 1.807) is 4.68 Å². The van der Waals surface area contributed by atoms with E-state index in [1.807, 2.05) is 64.1 Å². The molecule has 0 aliphatic heterocycles. The number of hydrogen-bond acceptors (Lipinski definition) is 5. The van der Waals surface area contributed by atoms with Gasteiger partial charge in [-0.2, -0.15) is 9.78 Å². The summed E-state index contributed by atoms with van der Waals surface area (Å²) in [5, 5.41) is 7.34. The second-order valence-corrected chi connectivity index (χ2v) is 7.15. The third-order valence-corrected chi connectivity index (χ3v) is 4.89. The largest absolute Gasteiger partial charge is 0.310 e. The number of anilines is 1. The van der Waals surface area contributed by atoms with Gasteiger partial charge in [0, 0.05) is 22.3 Å². The summed E-state index contributed by atoms with van der Waals surface area (Å²) in [4.78, 5) is 22.4. The van der Waals surface area contributed by atoms with Crippen molar-refractivity contribution in [2.24, 2.45) is 0 Å². The van der Waals surface area contributed by atoms with Crippen LogP contribution >= 0.6 is 11.8 Å². The maximum atomic E-state index is 12.4. The summed E-state index contributed by atoms with van der Waals surface area (Å²) >= 11 is 1.51. The van der Waals surface area contributed by atoms with E-state index in [9.17, 15) is 4.79 Å². The van der Waals surface area contributed by atoms with Crippen LogP contribution in [-0.2, 0) is 4.79 Å². The molecular weight excluding hydrogens is 346 g/mol. The summed E-state index contributed by atoms with van der Waals surface area (Å²) in [5.41, 5.74) is 3.66. The molecule has 134 valence electrons.